The lowest BCUT2D eigenvalue weighted by atomic mass is 10.0. The summed E-state index contributed by atoms with van der Waals surface area (Å²) in [4.78, 5) is 40.3. The van der Waals surface area contributed by atoms with Crippen LogP contribution in [-0.4, -0.2) is 27.9 Å². The van der Waals surface area contributed by atoms with Crippen LogP contribution in [0.1, 0.15) is 46.5 Å². The van der Waals surface area contributed by atoms with Gasteiger partial charge in [0.1, 0.15) is 0 Å². The number of amides is 1. The van der Waals surface area contributed by atoms with E-state index in [2.05, 4.69) is 17.2 Å². The van der Waals surface area contributed by atoms with Crippen molar-refractivity contribution < 1.29 is 14.4 Å². The summed E-state index contributed by atoms with van der Waals surface area (Å²) in [5, 5.41) is 2.70. The van der Waals surface area contributed by atoms with Crippen molar-refractivity contribution in [3.8, 4) is 0 Å². The fraction of sp³-hybridized carbons (Fsp3) is 0.238. The van der Waals surface area contributed by atoms with Gasteiger partial charge in [0.05, 0.1) is 10.9 Å². The van der Waals surface area contributed by atoms with Gasteiger partial charge in [0.25, 0.3) is 0 Å². The number of aliphatic imine (C=N–C) groups is 1. The number of thioether (sulfide) groups is 1. The number of amidine groups is 1. The lowest BCUT2D eigenvalue weighted by Crippen LogP contribution is -2.26. The van der Waals surface area contributed by atoms with Crippen molar-refractivity contribution in [1.82, 2.24) is 5.32 Å². The van der Waals surface area contributed by atoms with Gasteiger partial charge >= 0.3 is 0 Å². The highest BCUT2D eigenvalue weighted by atomic mass is 32.2. The maximum absolute atomic E-state index is 12.4. The molecule has 0 spiro atoms. The second kappa shape index (κ2) is 8.31. The first kappa shape index (κ1) is 19.0. The van der Waals surface area contributed by atoms with Crippen LogP contribution >= 0.6 is 11.8 Å². The van der Waals surface area contributed by atoms with E-state index in [1.54, 1.807) is 24.3 Å². The summed E-state index contributed by atoms with van der Waals surface area (Å²) in [6.45, 7) is 3.57. The number of Topliss-reactive ketones (excluding diaryl/α,β-unsaturated/α-hetero) is 2. The maximum Gasteiger partial charge on any atom is 0.240 e. The van der Waals surface area contributed by atoms with Crippen LogP contribution in [0.15, 0.2) is 53.5 Å². The summed E-state index contributed by atoms with van der Waals surface area (Å²) in [6.07, 6.45) is 1.05. The molecule has 0 aromatic heterocycles. The van der Waals surface area contributed by atoms with E-state index in [1.165, 1.54) is 24.2 Å². The predicted molar refractivity (Wildman–Crippen MR) is 108 cm³/mol. The van der Waals surface area contributed by atoms with Gasteiger partial charge in [0, 0.05) is 17.5 Å². The molecule has 1 amide bonds. The van der Waals surface area contributed by atoms with E-state index in [1.807, 2.05) is 24.3 Å². The average Bonchev–Trinajstić information content (AvgIpc) is 3.01. The Balaban J connectivity index is 1.65. The van der Waals surface area contributed by atoms with Gasteiger partial charge in [0.15, 0.2) is 16.7 Å². The van der Waals surface area contributed by atoms with Crippen LogP contribution in [-0.2, 0) is 11.2 Å². The molecule has 0 bridgehead atoms. The summed E-state index contributed by atoms with van der Waals surface area (Å²) in [6, 6.07) is 14.3. The number of aryl methyl sites for hydroxylation is 1. The number of hydrogen-bond acceptors (Lipinski definition) is 5. The standard InChI is InChI=1S/C21H20N2O3S/c1-3-14-4-6-16(7-5-14)18(25)12-19-20(26)23-21(27-19)22-17-10-8-15(9-11-17)13(2)24/h4-11,19H,3,12H2,1-2H3,(H,22,23,26)/t19-/m0/s1. The monoisotopic (exact) mass is 380 g/mol. The first-order valence-corrected chi connectivity index (χ1v) is 9.63. The van der Waals surface area contributed by atoms with Gasteiger partial charge in [-0.05, 0) is 43.2 Å². The zero-order valence-corrected chi connectivity index (χ0v) is 16.0. The molecular formula is C21H20N2O3S. The van der Waals surface area contributed by atoms with Crippen LogP contribution < -0.4 is 5.32 Å². The topological polar surface area (TPSA) is 75.6 Å². The molecule has 0 saturated carbocycles. The zero-order chi connectivity index (χ0) is 19.4. The molecule has 5 nitrogen and oxygen atoms in total. The van der Waals surface area contributed by atoms with Gasteiger partial charge in [-0.15, -0.1) is 0 Å². The summed E-state index contributed by atoms with van der Waals surface area (Å²) >= 11 is 1.26. The molecule has 1 N–H and O–H groups in total. The molecule has 2 aromatic carbocycles. The molecule has 2 aromatic rings. The van der Waals surface area contributed by atoms with Crippen molar-refractivity contribution >= 4 is 40.1 Å². The SMILES string of the molecule is CCc1ccc(C(=O)C[C@@H]2SC(=Nc3ccc(C(C)=O)cc3)NC2=O)cc1. The summed E-state index contributed by atoms with van der Waals surface area (Å²) in [7, 11) is 0. The molecule has 0 aliphatic carbocycles. The smallest absolute Gasteiger partial charge is 0.240 e. The highest BCUT2D eigenvalue weighted by molar-refractivity contribution is 8.15. The average molecular weight is 380 g/mol. The molecule has 1 heterocycles. The van der Waals surface area contributed by atoms with Crippen LogP contribution in [0.5, 0.6) is 0 Å². The minimum absolute atomic E-state index is 0.0108. The number of carbonyl (C=O) groups excluding carboxylic acids is 3. The molecule has 6 heteroatoms. The van der Waals surface area contributed by atoms with Gasteiger partial charge in [-0.25, -0.2) is 4.99 Å². The van der Waals surface area contributed by atoms with Crippen molar-refractivity contribution in [1.29, 1.82) is 0 Å². The Morgan fingerprint density at radius 1 is 1.04 bits per heavy atom. The van der Waals surface area contributed by atoms with Crippen LogP contribution in [0.2, 0.25) is 0 Å². The predicted octanol–water partition coefficient (Wildman–Crippen LogP) is 3.94. The van der Waals surface area contributed by atoms with Crippen LogP contribution in [0.3, 0.4) is 0 Å². The Labute approximate surface area is 162 Å². The van der Waals surface area contributed by atoms with Gasteiger partial charge in [-0.2, -0.15) is 0 Å². The summed E-state index contributed by atoms with van der Waals surface area (Å²) in [5.74, 6) is -0.279. The third kappa shape index (κ3) is 4.71. The largest absolute Gasteiger partial charge is 0.304 e. The minimum Gasteiger partial charge on any atom is -0.304 e. The second-order valence-corrected chi connectivity index (χ2v) is 7.48. The number of benzene rings is 2. The van der Waals surface area contributed by atoms with Crippen LogP contribution in [0.25, 0.3) is 0 Å². The summed E-state index contributed by atoms with van der Waals surface area (Å²) < 4.78 is 0. The first-order chi connectivity index (χ1) is 13.0. The lowest BCUT2D eigenvalue weighted by Gasteiger charge is -2.05. The zero-order valence-electron chi connectivity index (χ0n) is 15.2. The van der Waals surface area contributed by atoms with Gasteiger partial charge in [0.2, 0.25) is 5.91 Å². The van der Waals surface area contributed by atoms with Crippen molar-refractivity contribution in [3.63, 3.8) is 0 Å². The van der Waals surface area contributed by atoms with Gasteiger partial charge in [-0.1, -0.05) is 43.0 Å². The third-order valence-electron chi connectivity index (χ3n) is 4.34. The minimum atomic E-state index is -0.487. The van der Waals surface area contributed by atoms with E-state index in [0.717, 1.165) is 6.42 Å². The number of ketones is 2. The molecule has 3 rings (SSSR count). The van der Waals surface area contributed by atoms with Crippen molar-refractivity contribution in [2.45, 2.75) is 31.9 Å². The number of hydrogen-bond donors (Lipinski definition) is 1. The van der Waals surface area contributed by atoms with Crippen LogP contribution in [0, 0.1) is 0 Å². The number of nitrogens with one attached hydrogen (secondary N) is 1. The Morgan fingerprint density at radius 3 is 2.26 bits per heavy atom. The number of carbonyl (C=O) groups is 3. The van der Waals surface area contributed by atoms with Crippen LogP contribution in [0.4, 0.5) is 5.69 Å². The fourth-order valence-electron chi connectivity index (χ4n) is 2.69. The van der Waals surface area contributed by atoms with E-state index >= 15 is 0 Å². The van der Waals surface area contributed by atoms with Crippen molar-refractivity contribution in [2.75, 3.05) is 0 Å². The second-order valence-electron chi connectivity index (χ2n) is 6.29. The molecule has 1 saturated heterocycles. The van der Waals surface area contributed by atoms with E-state index in [-0.39, 0.29) is 23.9 Å². The van der Waals surface area contributed by atoms with E-state index < -0.39 is 5.25 Å². The molecular weight excluding hydrogens is 360 g/mol. The maximum atomic E-state index is 12.4. The molecule has 0 unspecified atom stereocenters. The molecule has 1 fully saturated rings. The molecule has 1 aliphatic rings. The third-order valence-corrected chi connectivity index (χ3v) is 5.42. The lowest BCUT2D eigenvalue weighted by molar-refractivity contribution is -0.118. The fourth-order valence-corrected chi connectivity index (χ4v) is 3.68. The molecule has 27 heavy (non-hydrogen) atoms. The highest BCUT2D eigenvalue weighted by Gasteiger charge is 2.32. The van der Waals surface area contributed by atoms with E-state index in [4.69, 9.17) is 0 Å². The highest BCUT2D eigenvalue weighted by Crippen LogP contribution is 2.26. The van der Waals surface area contributed by atoms with Crippen molar-refractivity contribution in [2.24, 2.45) is 4.99 Å². The van der Waals surface area contributed by atoms with Gasteiger partial charge in [-0.3, -0.25) is 14.4 Å². The molecule has 1 atom stereocenters. The summed E-state index contributed by atoms with van der Waals surface area (Å²) in [5.41, 5.74) is 3.04. The Hall–Kier alpha value is -2.73. The molecule has 1 aliphatic heterocycles. The molecule has 0 radical (unpaired) electrons. The quantitative estimate of drug-likeness (QED) is 0.770. The number of rotatable bonds is 6. The first-order valence-electron chi connectivity index (χ1n) is 8.75. The van der Waals surface area contributed by atoms with Gasteiger partial charge < -0.3 is 5.32 Å². The van der Waals surface area contributed by atoms with E-state index in [0.29, 0.717) is 22.0 Å². The normalized spacial score (nSPS) is 17.8. The Bertz CT molecular complexity index is 902. The Morgan fingerprint density at radius 2 is 1.67 bits per heavy atom. The van der Waals surface area contributed by atoms with E-state index in [9.17, 15) is 14.4 Å². The number of nitrogens with zero attached hydrogens (tertiary/aromatic N) is 1. The van der Waals surface area contributed by atoms with Crippen molar-refractivity contribution in [3.05, 3.63) is 65.2 Å². The molecule has 138 valence electrons. The Kier molecular flexibility index (Phi) is 5.86.